The molecule has 0 aliphatic carbocycles. The first-order valence-electron chi connectivity index (χ1n) is 30.0. The van der Waals surface area contributed by atoms with Gasteiger partial charge in [-0.1, -0.05) is 115 Å². The van der Waals surface area contributed by atoms with Crippen molar-refractivity contribution in [1.82, 2.24) is 29.1 Å². The van der Waals surface area contributed by atoms with E-state index in [2.05, 4.69) is 72.2 Å². The Labute approximate surface area is 549 Å². The summed E-state index contributed by atoms with van der Waals surface area (Å²) in [7, 11) is 0. The zero-order chi connectivity index (χ0) is 65.6. The highest BCUT2D eigenvalue weighted by atomic mass is 15.0. The Morgan fingerprint density at radius 3 is 1.19 bits per heavy atom. The zero-order valence-corrected chi connectivity index (χ0v) is 50.4. The maximum Gasteiger partial charge on any atom is 0.196 e. The molecule has 96 heavy (non-hydrogen) atoms. The van der Waals surface area contributed by atoms with Crippen LogP contribution in [0, 0.1) is 76.4 Å². The molecule has 0 saturated carbocycles. The van der Waals surface area contributed by atoms with E-state index in [1.807, 2.05) is 146 Å². The molecule has 15 aromatic rings. The van der Waals surface area contributed by atoms with E-state index in [9.17, 15) is 26.3 Å². The second-order valence-electron chi connectivity index (χ2n) is 22.6. The number of aromatic nitrogens is 6. The topological polar surface area (TPSA) is 193 Å². The third-order valence-corrected chi connectivity index (χ3v) is 17.3. The minimum atomic E-state index is 0.321. The molecule has 0 bridgehead atoms. The van der Waals surface area contributed by atoms with Gasteiger partial charge in [0.15, 0.2) is 34.5 Å². The number of nitrogens with zero attached hydrogens (tertiary/aromatic N) is 14. The molecule has 0 aliphatic rings. The molecule has 0 spiro atoms. The van der Waals surface area contributed by atoms with E-state index >= 15 is 0 Å². The van der Waals surface area contributed by atoms with Gasteiger partial charge in [-0.15, -0.1) is 0 Å². The van der Waals surface area contributed by atoms with Crippen LogP contribution in [-0.2, 0) is 0 Å². The SMILES string of the molecule is [C-]#[N+]c1ccc(-c2ccc3c(c2)c2cc(-c4ccc(C#N)cc4[N+]#[C-])ccc2n3-c2ccc(-c3nc(-c4ccccc4)nc(-c4ccccc4)n3)cc2-c2ncccc2-n2c3ccc(-c4ccc(C#N)cc4C#N)cc3c3cc(-c4ccc(C#N)cc4[N+]#[C-])ccc32)c(C#N)c1. The maximum atomic E-state index is 10.5. The van der Waals surface area contributed by atoms with Crippen LogP contribution >= 0.6 is 0 Å². The van der Waals surface area contributed by atoms with Crippen molar-refractivity contribution in [2.24, 2.45) is 0 Å². The van der Waals surface area contributed by atoms with E-state index in [-0.39, 0.29) is 0 Å². The number of nitriles is 5. The van der Waals surface area contributed by atoms with Crippen LogP contribution in [-0.4, -0.2) is 29.1 Å². The summed E-state index contributed by atoms with van der Waals surface area (Å²) in [5.41, 5.74) is 16.3. The summed E-state index contributed by atoms with van der Waals surface area (Å²) in [6.45, 7) is 24.1. The molecular weight excluding hydrogens is 1180 g/mol. The first kappa shape index (κ1) is 57.5. The first-order chi connectivity index (χ1) is 47.2. The van der Waals surface area contributed by atoms with Crippen molar-refractivity contribution in [3.63, 3.8) is 0 Å². The van der Waals surface area contributed by atoms with Gasteiger partial charge in [-0.25, -0.2) is 29.5 Å². The minimum absolute atomic E-state index is 0.321. The summed E-state index contributed by atoms with van der Waals surface area (Å²) < 4.78 is 4.36. The lowest BCUT2D eigenvalue weighted by atomic mass is 9.96. The lowest BCUT2D eigenvalue weighted by Gasteiger charge is -2.19. The van der Waals surface area contributed by atoms with Crippen LogP contribution in [0.1, 0.15) is 27.8 Å². The predicted octanol–water partition coefficient (Wildman–Crippen LogP) is 19.8. The third-order valence-electron chi connectivity index (χ3n) is 17.3. The molecule has 0 aliphatic heterocycles. The first-order valence-corrected chi connectivity index (χ1v) is 30.0. The molecular formula is C82H40N14. The number of fused-ring (bicyclic) bond motifs is 6. The monoisotopic (exact) mass is 1220 g/mol. The highest BCUT2D eigenvalue weighted by Crippen LogP contribution is 2.46. The van der Waals surface area contributed by atoms with Crippen LogP contribution in [0.4, 0.5) is 17.1 Å². The van der Waals surface area contributed by atoms with E-state index < -0.39 is 0 Å². The molecule has 0 radical (unpaired) electrons. The van der Waals surface area contributed by atoms with E-state index in [4.69, 9.17) is 39.7 Å². The quantitative estimate of drug-likeness (QED) is 0.120. The molecule has 0 amide bonds. The highest BCUT2D eigenvalue weighted by Gasteiger charge is 2.26. The average molecular weight is 1220 g/mol. The standard InChI is InChI=1S/C82H40N14/c1-88-61-24-28-63(60(38-61)48-87)55-19-29-73-66(40-55)68-41-56(64-26-17-50(45-84)36-71(64)89-2)21-31-74(68)95(73)77-33-23-58(82-93-80(52-11-6-4-7-12-52)92-81(94-82)53-13-8-5-9-14-53)43-70(77)79-78(15-10-34-91-79)96-75-30-20-54(62-25-16-49(44-83)35-59(62)47-86)39-67(75)69-42-57(22-32-76(69)96)65-27-18-51(46-85)37-72(65)90-3/h4-43H. The second kappa shape index (κ2) is 23.8. The number of hydrogen-bond donors (Lipinski definition) is 0. The Kier molecular flexibility index (Phi) is 14.3. The van der Waals surface area contributed by atoms with Gasteiger partial charge in [0.1, 0.15) is 0 Å². The number of rotatable bonds is 10. The fourth-order valence-corrected chi connectivity index (χ4v) is 12.8. The number of pyridine rings is 1. The molecule has 0 saturated heterocycles. The van der Waals surface area contributed by atoms with Gasteiger partial charge in [0, 0.05) is 66.7 Å². The fourth-order valence-electron chi connectivity index (χ4n) is 12.8. The Balaban J connectivity index is 1.03. The summed E-state index contributed by atoms with van der Waals surface area (Å²) in [6.07, 6.45) is 1.76. The van der Waals surface area contributed by atoms with Crippen LogP contribution in [0.5, 0.6) is 0 Å². The molecule has 0 N–H and O–H groups in total. The van der Waals surface area contributed by atoms with Crippen molar-refractivity contribution in [2.45, 2.75) is 0 Å². The third kappa shape index (κ3) is 9.87. The average Bonchev–Trinajstić information content (AvgIpc) is 1.56. The minimum Gasteiger partial charge on any atom is -0.309 e. The van der Waals surface area contributed by atoms with Crippen LogP contribution in [0.3, 0.4) is 0 Å². The van der Waals surface area contributed by atoms with Crippen molar-refractivity contribution in [3.8, 4) is 132 Å². The summed E-state index contributed by atoms with van der Waals surface area (Å²) >= 11 is 0. The molecule has 438 valence electrons. The van der Waals surface area contributed by atoms with Crippen molar-refractivity contribution in [2.75, 3.05) is 0 Å². The van der Waals surface area contributed by atoms with E-state index in [0.717, 1.165) is 77.0 Å². The van der Waals surface area contributed by atoms with Crippen LogP contribution in [0.2, 0.25) is 0 Å². The Morgan fingerprint density at radius 2 is 0.729 bits per heavy atom. The molecule has 4 aromatic heterocycles. The van der Waals surface area contributed by atoms with Crippen molar-refractivity contribution in [3.05, 3.63) is 305 Å². The molecule has 15 rings (SSSR count). The van der Waals surface area contributed by atoms with E-state index in [0.29, 0.717) is 113 Å². The molecule has 11 aromatic carbocycles. The molecule has 4 heterocycles. The Hall–Kier alpha value is -14.9. The smallest absolute Gasteiger partial charge is 0.196 e. The van der Waals surface area contributed by atoms with Crippen molar-refractivity contribution < 1.29 is 0 Å². The molecule has 0 unspecified atom stereocenters. The second-order valence-corrected chi connectivity index (χ2v) is 22.6. The van der Waals surface area contributed by atoms with Crippen LogP contribution in [0.25, 0.3) is 159 Å². The Morgan fingerprint density at radius 1 is 0.312 bits per heavy atom. The maximum absolute atomic E-state index is 10.5. The van der Waals surface area contributed by atoms with Crippen LogP contribution in [0.15, 0.2) is 243 Å². The largest absolute Gasteiger partial charge is 0.309 e. The lowest BCUT2D eigenvalue weighted by molar-refractivity contribution is 1.07. The van der Waals surface area contributed by atoms with Gasteiger partial charge in [0.2, 0.25) is 0 Å². The van der Waals surface area contributed by atoms with Gasteiger partial charge < -0.3 is 9.13 Å². The van der Waals surface area contributed by atoms with Crippen molar-refractivity contribution in [1.29, 1.82) is 26.3 Å². The molecule has 0 atom stereocenters. The zero-order valence-electron chi connectivity index (χ0n) is 50.4. The molecule has 14 nitrogen and oxygen atoms in total. The van der Waals surface area contributed by atoms with Gasteiger partial charge >= 0.3 is 0 Å². The Bertz CT molecular complexity index is 5880. The van der Waals surface area contributed by atoms with Gasteiger partial charge in [-0.2, -0.15) is 26.3 Å². The summed E-state index contributed by atoms with van der Waals surface area (Å²) in [6, 6.07) is 85.3. The summed E-state index contributed by atoms with van der Waals surface area (Å²) in [4.78, 5) is 32.2. The van der Waals surface area contributed by atoms with Gasteiger partial charge in [0.25, 0.3) is 0 Å². The van der Waals surface area contributed by atoms with Gasteiger partial charge in [-0.3, -0.25) is 4.98 Å². The highest BCUT2D eigenvalue weighted by molar-refractivity contribution is 6.14. The normalized spacial score (nSPS) is 10.8. The number of benzene rings is 11. The van der Waals surface area contributed by atoms with E-state index in [1.165, 1.54) is 0 Å². The summed E-state index contributed by atoms with van der Waals surface area (Å²) in [5, 5.41) is 53.8. The van der Waals surface area contributed by atoms with Gasteiger partial charge in [0.05, 0.1) is 100 Å². The van der Waals surface area contributed by atoms with Crippen LogP contribution < -0.4 is 0 Å². The molecule has 14 heteroatoms. The number of hydrogen-bond acceptors (Lipinski definition) is 9. The predicted molar refractivity (Wildman–Crippen MR) is 372 cm³/mol. The fraction of sp³-hybridized carbons (Fsp3) is 0. The molecule has 0 fully saturated rings. The van der Waals surface area contributed by atoms with Crippen molar-refractivity contribution >= 4 is 60.7 Å². The lowest BCUT2D eigenvalue weighted by Crippen LogP contribution is -2.04. The van der Waals surface area contributed by atoms with Gasteiger partial charge in [-0.05, 0) is 166 Å². The summed E-state index contributed by atoms with van der Waals surface area (Å²) in [5.74, 6) is 1.35. The van der Waals surface area contributed by atoms with E-state index in [1.54, 1.807) is 79.0 Å².